The highest BCUT2D eigenvalue weighted by Crippen LogP contribution is 2.27. The Balaban J connectivity index is 1.54. The summed E-state index contributed by atoms with van der Waals surface area (Å²) >= 11 is 0. The van der Waals surface area contributed by atoms with Crippen LogP contribution in [-0.4, -0.2) is 32.8 Å². The summed E-state index contributed by atoms with van der Waals surface area (Å²) in [6, 6.07) is 21.1. The number of ether oxygens (including phenoxy) is 1. The van der Waals surface area contributed by atoms with Crippen molar-refractivity contribution in [2.24, 2.45) is 5.14 Å². The topological polar surface area (TPSA) is 114 Å². The molecule has 0 saturated carbocycles. The number of methoxy groups -OCH3 is 1. The number of aromatic nitrogens is 1. The number of H-pyrrole nitrogens is 1. The average Bonchev–Trinajstić information content (AvgIpc) is 3.25. The van der Waals surface area contributed by atoms with E-state index in [4.69, 9.17) is 9.88 Å². The number of hydrogen-bond donors (Lipinski definition) is 3. The minimum Gasteiger partial charge on any atom is -0.497 e. The molecule has 8 heteroatoms. The van der Waals surface area contributed by atoms with Crippen LogP contribution in [0.5, 0.6) is 5.75 Å². The molecule has 0 amide bonds. The Bertz CT molecular complexity index is 1360. The summed E-state index contributed by atoms with van der Waals surface area (Å²) in [5.41, 5.74) is 3.24. The number of ketones is 1. The lowest BCUT2D eigenvalue weighted by molar-refractivity contribution is 0.0945. The van der Waals surface area contributed by atoms with Gasteiger partial charge in [-0.1, -0.05) is 42.5 Å². The predicted molar refractivity (Wildman–Crippen MR) is 128 cm³/mol. The summed E-state index contributed by atoms with van der Waals surface area (Å²) in [7, 11) is -2.11. The molecule has 33 heavy (non-hydrogen) atoms. The fourth-order valence-corrected chi connectivity index (χ4v) is 4.32. The number of carbonyl (C=O) groups is 1. The molecular weight excluding hydrogens is 438 g/mol. The second-order valence-electron chi connectivity index (χ2n) is 7.71. The van der Waals surface area contributed by atoms with Gasteiger partial charge in [0.25, 0.3) is 0 Å². The van der Waals surface area contributed by atoms with Gasteiger partial charge in [0.15, 0.2) is 5.78 Å². The molecule has 0 aliphatic heterocycles. The van der Waals surface area contributed by atoms with Crippen molar-refractivity contribution < 1.29 is 17.9 Å². The largest absolute Gasteiger partial charge is 0.497 e. The van der Waals surface area contributed by atoms with Crippen molar-refractivity contribution in [3.8, 4) is 5.75 Å². The van der Waals surface area contributed by atoms with E-state index in [0.29, 0.717) is 18.5 Å². The number of sulfonamides is 1. The first-order valence-electron chi connectivity index (χ1n) is 10.5. The highest BCUT2D eigenvalue weighted by Gasteiger charge is 2.24. The lowest BCUT2D eigenvalue weighted by atomic mass is 9.96. The molecule has 0 radical (unpaired) electrons. The van der Waals surface area contributed by atoms with Crippen LogP contribution in [0.1, 0.15) is 27.5 Å². The van der Waals surface area contributed by atoms with E-state index >= 15 is 0 Å². The van der Waals surface area contributed by atoms with Crippen LogP contribution in [0.3, 0.4) is 0 Å². The lowest BCUT2D eigenvalue weighted by Crippen LogP contribution is -2.30. The third-order valence-corrected chi connectivity index (χ3v) is 6.49. The molecule has 1 atom stereocenters. The van der Waals surface area contributed by atoms with Crippen molar-refractivity contribution in [2.45, 2.75) is 17.4 Å². The van der Waals surface area contributed by atoms with E-state index < -0.39 is 16.1 Å². The van der Waals surface area contributed by atoms with Crippen molar-refractivity contribution in [3.05, 3.63) is 95.7 Å². The average molecular weight is 464 g/mol. The molecule has 0 aliphatic rings. The zero-order valence-electron chi connectivity index (χ0n) is 18.1. The number of primary sulfonamides is 1. The number of nitrogens with one attached hydrogen (secondary N) is 2. The number of carbonyl (C=O) groups excluding carboxylic acids is 1. The van der Waals surface area contributed by atoms with Crippen molar-refractivity contribution in [1.82, 2.24) is 10.3 Å². The summed E-state index contributed by atoms with van der Waals surface area (Å²) < 4.78 is 28.2. The summed E-state index contributed by atoms with van der Waals surface area (Å²) in [6.07, 6.45) is 2.35. The normalized spacial score (nSPS) is 12.5. The van der Waals surface area contributed by atoms with Gasteiger partial charge in [-0.15, -0.1) is 0 Å². The van der Waals surface area contributed by atoms with Gasteiger partial charge in [-0.05, 0) is 41.8 Å². The number of rotatable bonds is 9. The zero-order valence-corrected chi connectivity index (χ0v) is 18.9. The molecular formula is C25H25N3O4S. The van der Waals surface area contributed by atoms with E-state index in [-0.39, 0.29) is 10.7 Å². The Morgan fingerprint density at radius 3 is 2.45 bits per heavy atom. The van der Waals surface area contributed by atoms with Gasteiger partial charge in [0.1, 0.15) is 5.75 Å². The van der Waals surface area contributed by atoms with Gasteiger partial charge in [0, 0.05) is 35.3 Å². The number of benzene rings is 3. The van der Waals surface area contributed by atoms with Crippen LogP contribution in [0.25, 0.3) is 10.9 Å². The molecule has 0 unspecified atom stereocenters. The standard InChI is InChI=1S/C25H25N3O4S/c1-32-19-9-12-21-22(16-28-23(21)15-19)25(29)24(18-5-3-2-4-6-18)27-14-13-17-7-10-20(11-8-17)33(26,30)31/h2-12,15-16,24,27-28H,13-14H2,1H3,(H2,26,30,31)/t24-/m0/s1. The summed E-state index contributed by atoms with van der Waals surface area (Å²) in [6.45, 7) is 0.524. The first-order valence-corrected chi connectivity index (χ1v) is 12.0. The summed E-state index contributed by atoms with van der Waals surface area (Å²) in [5.74, 6) is 0.678. The Hall–Kier alpha value is -3.46. The second-order valence-corrected chi connectivity index (χ2v) is 9.28. The number of hydrogen-bond acceptors (Lipinski definition) is 5. The first kappa shape index (κ1) is 22.7. The smallest absolute Gasteiger partial charge is 0.238 e. The van der Waals surface area contributed by atoms with E-state index in [1.165, 1.54) is 12.1 Å². The minimum atomic E-state index is -3.72. The maximum atomic E-state index is 13.6. The second kappa shape index (κ2) is 9.58. The number of Topliss-reactive ketones (excluding diaryl/α,β-unsaturated/α-hetero) is 1. The highest BCUT2D eigenvalue weighted by atomic mass is 32.2. The molecule has 1 heterocycles. The number of aromatic amines is 1. The number of fused-ring (bicyclic) bond motifs is 1. The maximum absolute atomic E-state index is 13.6. The van der Waals surface area contributed by atoms with Crippen molar-refractivity contribution in [3.63, 3.8) is 0 Å². The van der Waals surface area contributed by atoms with E-state index in [1.807, 2.05) is 48.5 Å². The van der Waals surface area contributed by atoms with Gasteiger partial charge in [0.05, 0.1) is 18.0 Å². The fourth-order valence-electron chi connectivity index (χ4n) is 3.81. The predicted octanol–water partition coefficient (Wildman–Crippen LogP) is 3.58. The van der Waals surface area contributed by atoms with Crippen LogP contribution in [0, 0.1) is 0 Å². The molecule has 170 valence electrons. The van der Waals surface area contributed by atoms with Gasteiger partial charge in [-0.2, -0.15) is 0 Å². The first-order chi connectivity index (χ1) is 15.9. The Morgan fingerprint density at radius 1 is 1.06 bits per heavy atom. The minimum absolute atomic E-state index is 0.0396. The van der Waals surface area contributed by atoms with E-state index in [2.05, 4.69) is 10.3 Å². The van der Waals surface area contributed by atoms with Gasteiger partial charge < -0.3 is 15.0 Å². The highest BCUT2D eigenvalue weighted by molar-refractivity contribution is 7.89. The zero-order chi connectivity index (χ0) is 23.4. The SMILES string of the molecule is COc1ccc2c(C(=O)[C@@H](NCCc3ccc(S(N)(=O)=O)cc3)c3ccccc3)c[nH]c2c1. The molecule has 3 aromatic carbocycles. The lowest BCUT2D eigenvalue weighted by Gasteiger charge is -2.18. The van der Waals surface area contributed by atoms with Crippen LogP contribution in [0.2, 0.25) is 0 Å². The Labute approximate surface area is 192 Å². The van der Waals surface area contributed by atoms with Crippen molar-refractivity contribution in [1.29, 1.82) is 0 Å². The van der Waals surface area contributed by atoms with Crippen LogP contribution in [-0.2, 0) is 16.4 Å². The van der Waals surface area contributed by atoms with Gasteiger partial charge >= 0.3 is 0 Å². The molecule has 0 saturated heterocycles. The quantitative estimate of drug-likeness (QED) is 0.328. The summed E-state index contributed by atoms with van der Waals surface area (Å²) in [4.78, 5) is 16.8. The third-order valence-electron chi connectivity index (χ3n) is 5.56. The van der Waals surface area contributed by atoms with E-state index in [0.717, 1.165) is 27.8 Å². The molecule has 0 fully saturated rings. The molecule has 1 aromatic heterocycles. The van der Waals surface area contributed by atoms with Crippen LogP contribution in [0.15, 0.2) is 83.9 Å². The monoisotopic (exact) mass is 463 g/mol. The third kappa shape index (κ3) is 5.14. The molecule has 0 aliphatic carbocycles. The molecule has 4 rings (SSSR count). The van der Waals surface area contributed by atoms with Crippen molar-refractivity contribution >= 4 is 26.7 Å². The number of nitrogens with two attached hydrogens (primary N) is 1. The Morgan fingerprint density at radius 2 is 1.79 bits per heavy atom. The fraction of sp³-hybridized carbons (Fsp3) is 0.160. The molecule has 4 aromatic rings. The van der Waals surface area contributed by atoms with Gasteiger partial charge in [-0.3, -0.25) is 4.79 Å². The molecule has 0 bridgehead atoms. The van der Waals surface area contributed by atoms with Crippen molar-refractivity contribution in [2.75, 3.05) is 13.7 Å². The van der Waals surface area contributed by atoms with Crippen LogP contribution in [0.4, 0.5) is 0 Å². The van der Waals surface area contributed by atoms with Gasteiger partial charge in [-0.25, -0.2) is 13.6 Å². The van der Waals surface area contributed by atoms with Gasteiger partial charge in [0.2, 0.25) is 10.0 Å². The molecule has 0 spiro atoms. The summed E-state index contributed by atoms with van der Waals surface area (Å²) in [5, 5.41) is 9.37. The van der Waals surface area contributed by atoms with E-state index in [9.17, 15) is 13.2 Å². The van der Waals surface area contributed by atoms with Crippen LogP contribution >= 0.6 is 0 Å². The van der Waals surface area contributed by atoms with Crippen LogP contribution < -0.4 is 15.2 Å². The molecule has 4 N–H and O–H groups in total. The Kier molecular flexibility index (Phi) is 6.60. The maximum Gasteiger partial charge on any atom is 0.238 e. The van der Waals surface area contributed by atoms with E-state index in [1.54, 1.807) is 25.4 Å². The molecule has 7 nitrogen and oxygen atoms in total.